The van der Waals surface area contributed by atoms with Crippen molar-refractivity contribution in [2.75, 3.05) is 26.8 Å². The number of aromatic nitrogens is 2. The summed E-state index contributed by atoms with van der Waals surface area (Å²) in [6.07, 6.45) is 1.21. The number of piperidine rings is 1. The summed E-state index contributed by atoms with van der Waals surface area (Å²) >= 11 is 0. The summed E-state index contributed by atoms with van der Waals surface area (Å²) in [5, 5.41) is 4.78. The van der Waals surface area contributed by atoms with Crippen LogP contribution in [0, 0.1) is 12.8 Å². The van der Waals surface area contributed by atoms with Gasteiger partial charge in [-0.05, 0) is 74.7 Å². The van der Waals surface area contributed by atoms with Gasteiger partial charge < -0.3 is 14.4 Å². The van der Waals surface area contributed by atoms with Gasteiger partial charge in [-0.2, -0.15) is 5.10 Å². The minimum atomic E-state index is -0.170. The third-order valence-corrected chi connectivity index (χ3v) is 5.96. The second-order valence-electron chi connectivity index (χ2n) is 8.21. The highest BCUT2D eigenvalue weighted by molar-refractivity contribution is 5.94. The lowest BCUT2D eigenvalue weighted by molar-refractivity contribution is -0.149. The third-order valence-electron chi connectivity index (χ3n) is 5.96. The van der Waals surface area contributed by atoms with Crippen molar-refractivity contribution >= 4 is 11.9 Å². The Balaban J connectivity index is 1.64. The molecule has 1 aliphatic heterocycles. The number of carbonyl (C=O) groups excluding carboxylic acids is 2. The lowest BCUT2D eigenvalue weighted by atomic mass is 9.97. The number of rotatable bonds is 6. The number of hydrogen-bond donors (Lipinski definition) is 0. The van der Waals surface area contributed by atoms with Crippen LogP contribution in [0.3, 0.4) is 0 Å². The van der Waals surface area contributed by atoms with Gasteiger partial charge in [0.25, 0.3) is 5.91 Å². The third kappa shape index (κ3) is 4.92. The Hall–Kier alpha value is -3.61. The van der Waals surface area contributed by atoms with Crippen LogP contribution in [-0.2, 0) is 9.53 Å². The number of ether oxygens (including phenoxy) is 2. The van der Waals surface area contributed by atoms with Crippen LogP contribution in [0.2, 0.25) is 0 Å². The van der Waals surface area contributed by atoms with E-state index in [0.717, 1.165) is 22.6 Å². The number of methoxy groups -OCH3 is 1. The first-order valence-corrected chi connectivity index (χ1v) is 11.3. The van der Waals surface area contributed by atoms with Crippen molar-refractivity contribution in [2.45, 2.75) is 26.7 Å². The highest BCUT2D eigenvalue weighted by Gasteiger charge is 2.30. The number of amides is 1. The van der Waals surface area contributed by atoms with Crippen LogP contribution < -0.4 is 4.74 Å². The molecule has 0 N–H and O–H groups in total. The van der Waals surface area contributed by atoms with Crippen molar-refractivity contribution in [2.24, 2.45) is 5.92 Å². The summed E-state index contributed by atoms with van der Waals surface area (Å²) < 4.78 is 12.1. The fourth-order valence-corrected chi connectivity index (χ4v) is 4.13. The number of hydrogen-bond acceptors (Lipinski definition) is 5. The zero-order valence-corrected chi connectivity index (χ0v) is 19.3. The molecule has 1 aromatic heterocycles. The number of esters is 1. The van der Waals surface area contributed by atoms with Gasteiger partial charge in [-0.15, -0.1) is 0 Å². The Labute approximate surface area is 193 Å². The molecule has 1 saturated heterocycles. The standard InChI is InChI=1S/C26H29N3O4/c1-4-33-26(31)20-12-14-28(15-13-20)25(30)24-17-23(19-8-10-22(32-3)11-9-19)27-29(24)21-7-5-6-18(2)16-21/h5-11,16-17,20H,4,12-15H2,1-3H3. The van der Waals surface area contributed by atoms with E-state index in [1.165, 1.54) is 0 Å². The predicted molar refractivity (Wildman–Crippen MR) is 126 cm³/mol. The molecule has 33 heavy (non-hydrogen) atoms. The van der Waals surface area contributed by atoms with Crippen molar-refractivity contribution in [1.29, 1.82) is 0 Å². The number of carbonyl (C=O) groups is 2. The Bertz CT molecular complexity index is 1130. The quantitative estimate of drug-likeness (QED) is 0.528. The van der Waals surface area contributed by atoms with Gasteiger partial charge in [0.05, 0.1) is 31.0 Å². The van der Waals surface area contributed by atoms with Gasteiger partial charge in [-0.25, -0.2) is 4.68 Å². The predicted octanol–water partition coefficient (Wildman–Crippen LogP) is 4.27. The molecule has 0 unspecified atom stereocenters. The fraction of sp³-hybridized carbons (Fsp3) is 0.346. The Morgan fingerprint density at radius 2 is 1.79 bits per heavy atom. The molecule has 0 saturated carbocycles. The van der Waals surface area contributed by atoms with Crippen molar-refractivity contribution in [3.8, 4) is 22.7 Å². The molecule has 1 aliphatic rings. The van der Waals surface area contributed by atoms with E-state index in [1.807, 2.05) is 68.4 Å². The van der Waals surface area contributed by atoms with Crippen LogP contribution in [0.25, 0.3) is 16.9 Å². The average molecular weight is 448 g/mol. The van der Waals surface area contributed by atoms with Crippen molar-refractivity contribution in [1.82, 2.24) is 14.7 Å². The van der Waals surface area contributed by atoms with Gasteiger partial charge in [-0.1, -0.05) is 12.1 Å². The van der Waals surface area contributed by atoms with Crippen LogP contribution in [0.15, 0.2) is 54.6 Å². The Kier molecular flexibility index (Phi) is 6.77. The van der Waals surface area contributed by atoms with Crippen LogP contribution in [0.5, 0.6) is 5.75 Å². The zero-order valence-electron chi connectivity index (χ0n) is 19.3. The first-order valence-electron chi connectivity index (χ1n) is 11.3. The summed E-state index contributed by atoms with van der Waals surface area (Å²) in [6, 6.07) is 17.4. The van der Waals surface area contributed by atoms with Crippen molar-refractivity contribution in [3.05, 3.63) is 65.9 Å². The van der Waals surface area contributed by atoms with Crippen LogP contribution >= 0.6 is 0 Å². The van der Waals surface area contributed by atoms with Crippen LogP contribution in [-0.4, -0.2) is 53.4 Å². The first-order chi connectivity index (χ1) is 16.0. The molecule has 2 aromatic carbocycles. The molecule has 2 heterocycles. The average Bonchev–Trinajstić information content (AvgIpc) is 3.29. The smallest absolute Gasteiger partial charge is 0.309 e. The van der Waals surface area contributed by atoms with Gasteiger partial charge in [0.15, 0.2) is 0 Å². The molecular formula is C26H29N3O4. The minimum Gasteiger partial charge on any atom is -0.497 e. The minimum absolute atomic E-state index is 0.0916. The molecule has 1 fully saturated rings. The van der Waals surface area contributed by atoms with Gasteiger partial charge in [0, 0.05) is 18.7 Å². The molecule has 0 radical (unpaired) electrons. The molecule has 0 aliphatic carbocycles. The molecule has 7 heteroatoms. The summed E-state index contributed by atoms with van der Waals surface area (Å²) in [5.41, 5.74) is 4.03. The number of likely N-dealkylation sites (tertiary alicyclic amines) is 1. The summed E-state index contributed by atoms with van der Waals surface area (Å²) in [4.78, 5) is 27.4. The van der Waals surface area contributed by atoms with Crippen molar-refractivity contribution in [3.63, 3.8) is 0 Å². The van der Waals surface area contributed by atoms with E-state index < -0.39 is 0 Å². The largest absolute Gasteiger partial charge is 0.497 e. The molecule has 3 aromatic rings. The zero-order chi connectivity index (χ0) is 23.4. The molecule has 7 nitrogen and oxygen atoms in total. The van der Waals surface area contributed by atoms with Crippen LogP contribution in [0.4, 0.5) is 0 Å². The maximum atomic E-state index is 13.6. The molecule has 0 atom stereocenters. The first kappa shape index (κ1) is 22.6. The highest BCUT2D eigenvalue weighted by Crippen LogP contribution is 2.27. The second-order valence-corrected chi connectivity index (χ2v) is 8.21. The van der Waals surface area contributed by atoms with E-state index >= 15 is 0 Å². The summed E-state index contributed by atoms with van der Waals surface area (Å²) in [5.74, 6) is 0.352. The highest BCUT2D eigenvalue weighted by atomic mass is 16.5. The molecular weight excluding hydrogens is 418 g/mol. The van der Waals surface area contributed by atoms with Gasteiger partial charge >= 0.3 is 5.97 Å². The van der Waals surface area contributed by atoms with E-state index in [-0.39, 0.29) is 17.8 Å². The van der Waals surface area contributed by atoms with E-state index in [1.54, 1.807) is 16.7 Å². The molecule has 4 rings (SSSR count). The number of aryl methyl sites for hydroxylation is 1. The number of benzene rings is 2. The van der Waals surface area contributed by atoms with Crippen LogP contribution in [0.1, 0.15) is 35.8 Å². The maximum absolute atomic E-state index is 13.6. The van der Waals surface area contributed by atoms with E-state index in [4.69, 9.17) is 14.6 Å². The molecule has 0 bridgehead atoms. The second kappa shape index (κ2) is 9.90. The van der Waals surface area contributed by atoms with E-state index in [9.17, 15) is 9.59 Å². The Morgan fingerprint density at radius 1 is 1.06 bits per heavy atom. The summed E-state index contributed by atoms with van der Waals surface area (Å²) in [7, 11) is 1.63. The lowest BCUT2D eigenvalue weighted by Crippen LogP contribution is -2.41. The monoisotopic (exact) mass is 447 g/mol. The lowest BCUT2D eigenvalue weighted by Gasteiger charge is -2.30. The Morgan fingerprint density at radius 3 is 2.42 bits per heavy atom. The number of nitrogens with zero attached hydrogens (tertiary/aromatic N) is 3. The SMILES string of the molecule is CCOC(=O)C1CCN(C(=O)c2cc(-c3ccc(OC)cc3)nn2-c2cccc(C)c2)CC1. The van der Waals surface area contributed by atoms with E-state index in [0.29, 0.717) is 43.9 Å². The molecule has 172 valence electrons. The van der Waals surface area contributed by atoms with E-state index in [2.05, 4.69) is 0 Å². The fourth-order valence-electron chi connectivity index (χ4n) is 4.13. The molecule has 1 amide bonds. The topological polar surface area (TPSA) is 73.7 Å². The normalized spacial score (nSPS) is 14.2. The summed E-state index contributed by atoms with van der Waals surface area (Å²) in [6.45, 7) is 5.22. The van der Waals surface area contributed by atoms with Gasteiger partial charge in [0.1, 0.15) is 11.4 Å². The van der Waals surface area contributed by atoms with Crippen molar-refractivity contribution < 1.29 is 19.1 Å². The van der Waals surface area contributed by atoms with Gasteiger partial charge in [-0.3, -0.25) is 9.59 Å². The van der Waals surface area contributed by atoms with Gasteiger partial charge in [0.2, 0.25) is 0 Å². The molecule has 0 spiro atoms. The maximum Gasteiger partial charge on any atom is 0.309 e.